The topological polar surface area (TPSA) is 105 Å². The van der Waals surface area contributed by atoms with Crippen LogP contribution in [0.3, 0.4) is 0 Å². The van der Waals surface area contributed by atoms with Gasteiger partial charge in [-0.1, -0.05) is 232 Å². The van der Waals surface area contributed by atoms with E-state index < -0.39 is 23.9 Å². The Morgan fingerprint density at radius 1 is 0.250 bits per heavy atom. The van der Waals surface area contributed by atoms with Gasteiger partial charge in [-0.2, -0.15) is 0 Å². The summed E-state index contributed by atoms with van der Waals surface area (Å²) in [4.78, 5) is 56.8. The zero-order valence-electron chi connectivity index (χ0n) is 45.3. The zero-order chi connectivity index (χ0) is 51.2. The highest BCUT2D eigenvalue weighted by molar-refractivity contribution is 6.38. The van der Waals surface area contributed by atoms with E-state index >= 15 is 0 Å². The van der Waals surface area contributed by atoms with Crippen LogP contribution >= 0.6 is 0 Å². The molecular formula is C64H92O8. The van der Waals surface area contributed by atoms with Crippen LogP contribution in [0.4, 0.5) is 0 Å². The van der Waals surface area contributed by atoms with Crippen LogP contribution in [0.15, 0.2) is 48.5 Å². The molecule has 8 heteroatoms. The molecule has 0 spiro atoms. The molecule has 0 atom stereocenters. The Bertz CT molecular complexity index is 2060. The Hall–Kier alpha value is -4.72. The van der Waals surface area contributed by atoms with Gasteiger partial charge in [0.15, 0.2) is 0 Å². The maximum absolute atomic E-state index is 14.2. The minimum absolute atomic E-state index is 0.299. The predicted molar refractivity (Wildman–Crippen MR) is 299 cm³/mol. The minimum Gasteiger partial charge on any atom is -0.462 e. The van der Waals surface area contributed by atoms with Gasteiger partial charge in [-0.3, -0.25) is 0 Å². The number of hydrogen-bond donors (Lipinski definition) is 0. The van der Waals surface area contributed by atoms with Crippen molar-refractivity contribution in [2.24, 2.45) is 0 Å². The van der Waals surface area contributed by atoms with Crippen molar-refractivity contribution < 1.29 is 38.1 Å². The van der Waals surface area contributed by atoms with E-state index in [0.29, 0.717) is 59.5 Å². The zero-order valence-corrected chi connectivity index (χ0v) is 45.3. The maximum Gasteiger partial charge on any atom is 0.338 e. The van der Waals surface area contributed by atoms with Crippen molar-refractivity contribution in [1.82, 2.24) is 0 Å². The second-order valence-corrected chi connectivity index (χ2v) is 20.6. The number of unbranched alkanes of at least 4 members (excludes halogenated alkanes) is 28. The van der Waals surface area contributed by atoms with Crippen LogP contribution in [0.1, 0.15) is 275 Å². The highest BCUT2D eigenvalue weighted by Gasteiger charge is 2.27. The molecule has 0 radical (unpaired) electrons. The summed E-state index contributed by atoms with van der Waals surface area (Å²) in [7, 11) is 0. The molecule has 0 aliphatic heterocycles. The number of ether oxygens (including phenoxy) is 4. The van der Waals surface area contributed by atoms with Crippen molar-refractivity contribution in [3.05, 3.63) is 70.8 Å². The van der Waals surface area contributed by atoms with Crippen LogP contribution in [-0.4, -0.2) is 50.3 Å². The second kappa shape index (κ2) is 33.9. The Balaban J connectivity index is 1.48. The van der Waals surface area contributed by atoms with Crippen molar-refractivity contribution in [3.63, 3.8) is 0 Å². The fourth-order valence-corrected chi connectivity index (χ4v) is 10.5. The lowest BCUT2D eigenvalue weighted by Gasteiger charge is -2.20. The van der Waals surface area contributed by atoms with E-state index in [1.54, 1.807) is 24.3 Å². The number of carbonyl (C=O) groups excluding carboxylic acids is 4. The van der Waals surface area contributed by atoms with Crippen molar-refractivity contribution >= 4 is 67.0 Å². The maximum atomic E-state index is 14.2. The average molecular weight is 989 g/mol. The van der Waals surface area contributed by atoms with Crippen LogP contribution in [-0.2, 0) is 18.9 Å². The Kier molecular flexibility index (Phi) is 27.4. The summed E-state index contributed by atoms with van der Waals surface area (Å²) < 4.78 is 23.9. The van der Waals surface area contributed by atoms with Crippen LogP contribution < -0.4 is 0 Å². The highest BCUT2D eigenvalue weighted by Crippen LogP contribution is 2.44. The number of carbonyl (C=O) groups is 4. The fraction of sp³-hybridized carbons (Fsp3) is 0.625. The lowest BCUT2D eigenvalue weighted by molar-refractivity contribution is 0.0483. The van der Waals surface area contributed by atoms with Crippen molar-refractivity contribution in [2.75, 3.05) is 26.4 Å². The number of rotatable bonds is 40. The number of benzene rings is 5. The lowest BCUT2D eigenvalue weighted by Crippen LogP contribution is -2.13. The van der Waals surface area contributed by atoms with E-state index in [4.69, 9.17) is 18.9 Å². The van der Waals surface area contributed by atoms with Gasteiger partial charge in [-0.15, -0.1) is 0 Å². The van der Waals surface area contributed by atoms with E-state index in [0.717, 1.165) is 109 Å². The van der Waals surface area contributed by atoms with E-state index in [9.17, 15) is 19.2 Å². The highest BCUT2D eigenvalue weighted by atomic mass is 16.5. The molecule has 5 aromatic carbocycles. The standard InChI is InChI=1S/C64H92O8/c1-5-9-13-17-21-25-29-33-45-69-61(65)53-41-37-49-51-39-43-55(63(67)71-47-35-31-27-23-19-15-11-7-3)60-56(64(68)72-48-36-32-28-24-20-16-12-8-4)44-40-52(58(51)60)50-38-42-54(59(53)57(49)50)62(66)70-46-34-30-26-22-18-14-10-6-2/h37-44H,5-36,45-48H2,1-4H3. The predicted octanol–water partition coefficient (Wildman–Crippen LogP) is 18.9. The largest absolute Gasteiger partial charge is 0.462 e. The molecule has 396 valence electrons. The summed E-state index contributed by atoms with van der Waals surface area (Å²) in [5, 5.41) is 5.62. The van der Waals surface area contributed by atoms with Crippen molar-refractivity contribution in [1.29, 1.82) is 0 Å². The molecule has 0 amide bonds. The number of hydrogen-bond acceptors (Lipinski definition) is 8. The number of esters is 4. The molecule has 5 aromatic rings. The number of fused-ring (bicyclic) bond motifs is 2. The molecule has 0 aliphatic rings. The monoisotopic (exact) mass is 989 g/mol. The quantitative estimate of drug-likeness (QED) is 0.0126. The van der Waals surface area contributed by atoms with E-state index in [-0.39, 0.29) is 0 Å². The third kappa shape index (κ3) is 17.7. The van der Waals surface area contributed by atoms with Gasteiger partial charge in [0.2, 0.25) is 0 Å². The summed E-state index contributed by atoms with van der Waals surface area (Å²) in [5.74, 6) is -1.89. The van der Waals surface area contributed by atoms with Crippen LogP contribution in [0.2, 0.25) is 0 Å². The van der Waals surface area contributed by atoms with Crippen molar-refractivity contribution in [3.8, 4) is 0 Å². The van der Waals surface area contributed by atoms with E-state index in [2.05, 4.69) is 27.7 Å². The summed E-state index contributed by atoms with van der Waals surface area (Å²) >= 11 is 0. The molecule has 72 heavy (non-hydrogen) atoms. The lowest BCUT2D eigenvalue weighted by atomic mass is 9.84. The van der Waals surface area contributed by atoms with Gasteiger partial charge >= 0.3 is 23.9 Å². The third-order valence-electron chi connectivity index (χ3n) is 14.7. The molecule has 0 saturated carbocycles. The normalized spacial score (nSPS) is 11.6. The third-order valence-corrected chi connectivity index (χ3v) is 14.7. The summed E-state index contributed by atoms with van der Waals surface area (Å²) in [5.41, 5.74) is 1.26. The van der Waals surface area contributed by atoms with Gasteiger partial charge in [0, 0.05) is 10.8 Å². The average Bonchev–Trinajstić information content (AvgIpc) is 3.39. The molecular weight excluding hydrogens is 897 g/mol. The molecule has 0 bridgehead atoms. The summed E-state index contributed by atoms with van der Waals surface area (Å²) in [6.45, 7) is 10.1. The Labute approximate surface area is 433 Å². The fourth-order valence-electron chi connectivity index (χ4n) is 10.5. The van der Waals surface area contributed by atoms with Crippen LogP contribution in [0.25, 0.3) is 43.1 Å². The van der Waals surface area contributed by atoms with E-state index in [1.807, 2.05) is 24.3 Å². The molecule has 0 unspecified atom stereocenters. The molecule has 8 nitrogen and oxygen atoms in total. The summed E-state index contributed by atoms with van der Waals surface area (Å²) in [6.07, 6.45) is 36.2. The molecule has 0 fully saturated rings. The molecule has 0 aromatic heterocycles. The Morgan fingerprint density at radius 3 is 0.625 bits per heavy atom. The van der Waals surface area contributed by atoms with E-state index in [1.165, 1.54) is 128 Å². The van der Waals surface area contributed by atoms with Crippen LogP contribution in [0, 0.1) is 0 Å². The SMILES string of the molecule is CCCCCCCCCCOC(=O)c1ccc2c3ccc(C(=O)OCCCCCCCCCC)c4c(C(=O)OCCCCCCCCCC)ccc(c5ccc(C(=O)OCCCCCCCCCC)c1c25)c43. The van der Waals surface area contributed by atoms with Gasteiger partial charge in [0.25, 0.3) is 0 Å². The minimum atomic E-state index is -0.473. The smallest absolute Gasteiger partial charge is 0.338 e. The first-order chi connectivity index (χ1) is 35.4. The van der Waals surface area contributed by atoms with Crippen LogP contribution in [0.5, 0.6) is 0 Å². The second-order valence-electron chi connectivity index (χ2n) is 20.6. The van der Waals surface area contributed by atoms with Gasteiger partial charge in [0.1, 0.15) is 0 Å². The Morgan fingerprint density at radius 2 is 0.431 bits per heavy atom. The molecule has 0 aliphatic carbocycles. The van der Waals surface area contributed by atoms with Gasteiger partial charge < -0.3 is 18.9 Å². The van der Waals surface area contributed by atoms with Gasteiger partial charge in [-0.05, 0) is 82.3 Å². The first-order valence-electron chi connectivity index (χ1n) is 29.3. The molecule has 0 heterocycles. The molecule has 0 saturated heterocycles. The van der Waals surface area contributed by atoms with Gasteiger partial charge in [-0.25, -0.2) is 19.2 Å². The van der Waals surface area contributed by atoms with Gasteiger partial charge in [0.05, 0.1) is 48.7 Å². The summed E-state index contributed by atoms with van der Waals surface area (Å²) in [6, 6.07) is 14.7. The van der Waals surface area contributed by atoms with Crippen molar-refractivity contribution in [2.45, 2.75) is 233 Å². The molecule has 0 N–H and O–H groups in total. The first kappa shape index (κ1) is 58.2. The first-order valence-corrected chi connectivity index (χ1v) is 29.3. The molecule has 5 rings (SSSR count).